The zero-order valence-corrected chi connectivity index (χ0v) is 12.0. The van der Waals surface area contributed by atoms with Crippen molar-refractivity contribution in [2.45, 2.75) is 38.0 Å². The first-order valence-corrected chi connectivity index (χ1v) is 7.68. The van der Waals surface area contributed by atoms with Gasteiger partial charge in [0, 0.05) is 0 Å². The molecule has 0 amide bonds. The number of fused-ring (bicyclic) bond motifs is 2. The standard InChI is InChI=1S/C18H22O2/c1-2-3-11-20-17(19)18(15-7-5-4-6-8-15)13-14-9-10-16(18)12-14/h4-10,14,16H,2-3,11-13H2,1H3. The highest BCUT2D eigenvalue weighted by molar-refractivity contribution is 5.85. The highest BCUT2D eigenvalue weighted by Crippen LogP contribution is 2.54. The fourth-order valence-corrected chi connectivity index (χ4v) is 3.71. The van der Waals surface area contributed by atoms with Crippen LogP contribution in [0.25, 0.3) is 0 Å². The normalized spacial score (nSPS) is 30.6. The van der Waals surface area contributed by atoms with E-state index in [9.17, 15) is 4.79 Å². The minimum atomic E-state index is -0.436. The maximum atomic E-state index is 12.8. The van der Waals surface area contributed by atoms with Gasteiger partial charge in [0.1, 0.15) is 0 Å². The van der Waals surface area contributed by atoms with Crippen molar-refractivity contribution in [1.29, 1.82) is 0 Å². The van der Waals surface area contributed by atoms with E-state index in [0.29, 0.717) is 18.4 Å². The molecule has 0 aliphatic heterocycles. The molecule has 0 saturated heterocycles. The molecule has 0 heterocycles. The van der Waals surface area contributed by atoms with Crippen LogP contribution in [0.3, 0.4) is 0 Å². The second-order valence-electron chi connectivity index (χ2n) is 6.02. The molecule has 0 N–H and O–H groups in total. The van der Waals surface area contributed by atoms with Gasteiger partial charge in [-0.25, -0.2) is 0 Å². The van der Waals surface area contributed by atoms with Crippen LogP contribution >= 0.6 is 0 Å². The lowest BCUT2D eigenvalue weighted by Gasteiger charge is -2.33. The topological polar surface area (TPSA) is 26.3 Å². The minimum Gasteiger partial charge on any atom is -0.465 e. The van der Waals surface area contributed by atoms with Crippen molar-refractivity contribution in [3.63, 3.8) is 0 Å². The van der Waals surface area contributed by atoms with E-state index >= 15 is 0 Å². The van der Waals surface area contributed by atoms with Gasteiger partial charge in [-0.05, 0) is 36.7 Å². The smallest absolute Gasteiger partial charge is 0.317 e. The summed E-state index contributed by atoms with van der Waals surface area (Å²) in [6, 6.07) is 10.2. The van der Waals surface area contributed by atoms with Gasteiger partial charge in [0.25, 0.3) is 0 Å². The van der Waals surface area contributed by atoms with Crippen LogP contribution in [0.1, 0.15) is 38.2 Å². The van der Waals surface area contributed by atoms with Crippen LogP contribution in [-0.2, 0) is 14.9 Å². The van der Waals surface area contributed by atoms with Crippen LogP contribution in [0, 0.1) is 11.8 Å². The molecular formula is C18H22O2. The number of hydrogen-bond acceptors (Lipinski definition) is 2. The van der Waals surface area contributed by atoms with Gasteiger partial charge < -0.3 is 4.74 Å². The van der Waals surface area contributed by atoms with Gasteiger partial charge in [0.05, 0.1) is 12.0 Å². The molecule has 3 atom stereocenters. The summed E-state index contributed by atoms with van der Waals surface area (Å²) in [7, 11) is 0. The Hall–Kier alpha value is -1.57. The molecule has 0 spiro atoms. The molecule has 1 saturated carbocycles. The van der Waals surface area contributed by atoms with E-state index in [1.165, 1.54) is 0 Å². The van der Waals surface area contributed by atoms with Crippen LogP contribution in [-0.4, -0.2) is 12.6 Å². The van der Waals surface area contributed by atoms with Gasteiger partial charge in [-0.15, -0.1) is 0 Å². The molecule has 2 heteroatoms. The van der Waals surface area contributed by atoms with Gasteiger partial charge in [0.15, 0.2) is 0 Å². The molecular weight excluding hydrogens is 248 g/mol. The van der Waals surface area contributed by atoms with Gasteiger partial charge in [-0.3, -0.25) is 4.79 Å². The molecule has 1 aromatic rings. The van der Waals surface area contributed by atoms with E-state index in [-0.39, 0.29) is 5.97 Å². The van der Waals surface area contributed by atoms with Crippen molar-refractivity contribution in [2.75, 3.05) is 6.61 Å². The number of carbonyl (C=O) groups is 1. The van der Waals surface area contributed by atoms with Crippen molar-refractivity contribution in [1.82, 2.24) is 0 Å². The van der Waals surface area contributed by atoms with Crippen LogP contribution in [0.5, 0.6) is 0 Å². The van der Waals surface area contributed by atoms with Crippen molar-refractivity contribution in [3.05, 3.63) is 48.0 Å². The third-order valence-corrected chi connectivity index (χ3v) is 4.77. The zero-order chi connectivity index (χ0) is 14.0. The van der Waals surface area contributed by atoms with E-state index in [2.05, 4.69) is 31.2 Å². The Morgan fingerprint density at radius 2 is 2.10 bits per heavy atom. The summed E-state index contributed by atoms with van der Waals surface area (Å²) < 4.78 is 5.60. The molecule has 2 aliphatic rings. The summed E-state index contributed by atoms with van der Waals surface area (Å²) >= 11 is 0. The Kier molecular flexibility index (Phi) is 3.64. The van der Waals surface area contributed by atoms with Crippen LogP contribution in [0.15, 0.2) is 42.5 Å². The minimum absolute atomic E-state index is 0.0194. The number of esters is 1. The summed E-state index contributed by atoms with van der Waals surface area (Å²) in [4.78, 5) is 12.8. The summed E-state index contributed by atoms with van der Waals surface area (Å²) in [6.07, 6.45) is 8.49. The van der Waals surface area contributed by atoms with Crippen LogP contribution < -0.4 is 0 Å². The first-order valence-electron chi connectivity index (χ1n) is 7.68. The monoisotopic (exact) mass is 270 g/mol. The third kappa shape index (κ3) is 2.07. The number of rotatable bonds is 5. The molecule has 2 aliphatic carbocycles. The van der Waals surface area contributed by atoms with Crippen molar-refractivity contribution < 1.29 is 9.53 Å². The fourth-order valence-electron chi connectivity index (χ4n) is 3.71. The van der Waals surface area contributed by atoms with E-state index in [0.717, 1.165) is 31.2 Å². The largest absolute Gasteiger partial charge is 0.465 e. The Labute approximate surface area is 120 Å². The highest BCUT2D eigenvalue weighted by atomic mass is 16.5. The summed E-state index contributed by atoms with van der Waals surface area (Å²) in [5, 5.41) is 0. The molecule has 0 radical (unpaired) electrons. The molecule has 2 bridgehead atoms. The lowest BCUT2D eigenvalue weighted by molar-refractivity contribution is -0.152. The second kappa shape index (κ2) is 5.43. The lowest BCUT2D eigenvalue weighted by Crippen LogP contribution is -2.41. The Morgan fingerprint density at radius 3 is 2.70 bits per heavy atom. The Balaban J connectivity index is 1.89. The Bertz CT molecular complexity index is 505. The number of unbranched alkanes of at least 4 members (excludes halogenated alkanes) is 1. The molecule has 1 aromatic carbocycles. The SMILES string of the molecule is CCCCOC(=O)C1(c2ccccc2)CC2C=CC1C2. The zero-order valence-electron chi connectivity index (χ0n) is 12.0. The fraction of sp³-hybridized carbons (Fsp3) is 0.500. The predicted octanol–water partition coefficient (Wildman–Crippen LogP) is 3.86. The molecule has 106 valence electrons. The van der Waals surface area contributed by atoms with E-state index in [1.54, 1.807) is 0 Å². The van der Waals surface area contributed by atoms with Gasteiger partial charge >= 0.3 is 5.97 Å². The van der Waals surface area contributed by atoms with Gasteiger partial charge in [-0.1, -0.05) is 55.8 Å². The number of hydrogen-bond donors (Lipinski definition) is 0. The van der Waals surface area contributed by atoms with Gasteiger partial charge in [0.2, 0.25) is 0 Å². The average molecular weight is 270 g/mol. The summed E-state index contributed by atoms with van der Waals surface area (Å²) in [5.41, 5.74) is 0.687. The van der Waals surface area contributed by atoms with E-state index in [1.807, 2.05) is 18.2 Å². The van der Waals surface area contributed by atoms with Gasteiger partial charge in [-0.2, -0.15) is 0 Å². The Morgan fingerprint density at radius 1 is 1.30 bits per heavy atom. The number of allylic oxidation sites excluding steroid dienone is 2. The van der Waals surface area contributed by atoms with Crippen molar-refractivity contribution in [2.24, 2.45) is 11.8 Å². The van der Waals surface area contributed by atoms with Crippen LogP contribution in [0.2, 0.25) is 0 Å². The maximum absolute atomic E-state index is 12.8. The number of benzene rings is 1. The van der Waals surface area contributed by atoms with Crippen molar-refractivity contribution in [3.8, 4) is 0 Å². The molecule has 20 heavy (non-hydrogen) atoms. The molecule has 1 fully saturated rings. The van der Waals surface area contributed by atoms with E-state index in [4.69, 9.17) is 4.74 Å². The number of carbonyl (C=O) groups excluding carboxylic acids is 1. The first-order chi connectivity index (χ1) is 9.77. The molecule has 3 rings (SSSR count). The second-order valence-corrected chi connectivity index (χ2v) is 6.02. The third-order valence-electron chi connectivity index (χ3n) is 4.77. The van der Waals surface area contributed by atoms with Crippen molar-refractivity contribution >= 4 is 5.97 Å². The molecule has 3 unspecified atom stereocenters. The average Bonchev–Trinajstić information content (AvgIpc) is 3.09. The molecule has 2 nitrogen and oxygen atoms in total. The quantitative estimate of drug-likeness (QED) is 0.461. The maximum Gasteiger partial charge on any atom is 0.317 e. The van der Waals surface area contributed by atoms with Crippen LogP contribution in [0.4, 0.5) is 0 Å². The predicted molar refractivity (Wildman–Crippen MR) is 79.3 cm³/mol. The first kappa shape index (κ1) is 13.4. The van der Waals surface area contributed by atoms with E-state index < -0.39 is 5.41 Å². The summed E-state index contributed by atoms with van der Waals surface area (Å²) in [5.74, 6) is 0.831. The molecule has 0 aromatic heterocycles. The number of ether oxygens (including phenoxy) is 1. The summed E-state index contributed by atoms with van der Waals surface area (Å²) in [6.45, 7) is 2.66. The highest BCUT2D eigenvalue weighted by Gasteiger charge is 2.55. The lowest BCUT2D eigenvalue weighted by atomic mass is 9.70.